The average molecular weight is 313 g/mol. The summed E-state index contributed by atoms with van der Waals surface area (Å²) < 4.78 is 5.52. The zero-order valence-corrected chi connectivity index (χ0v) is 12.7. The maximum absolute atomic E-state index is 10.8. The Morgan fingerprint density at radius 1 is 1.17 bits per heavy atom. The highest BCUT2D eigenvalue weighted by molar-refractivity contribution is 5.84. The van der Waals surface area contributed by atoms with Gasteiger partial charge < -0.3 is 15.2 Å². The van der Waals surface area contributed by atoms with Gasteiger partial charge in [0.25, 0.3) is 0 Å². The van der Waals surface area contributed by atoms with Crippen molar-refractivity contribution in [2.75, 3.05) is 25.1 Å². The number of anilines is 1. The quantitative estimate of drug-likeness (QED) is 0.881. The molecule has 6 heteroatoms. The molecule has 0 radical (unpaired) electrons. The first-order valence-electron chi connectivity index (χ1n) is 7.62. The van der Waals surface area contributed by atoms with E-state index in [-0.39, 0.29) is 11.1 Å². The molecule has 2 heterocycles. The van der Waals surface area contributed by atoms with Crippen LogP contribution in [0.2, 0.25) is 0 Å². The summed E-state index contributed by atoms with van der Waals surface area (Å²) >= 11 is 0. The first kappa shape index (κ1) is 15.4. The number of carboxylic acid groups (broad SMARTS) is 1. The molecule has 6 nitrogen and oxygen atoms in total. The van der Waals surface area contributed by atoms with Crippen molar-refractivity contribution < 1.29 is 14.6 Å². The van der Waals surface area contributed by atoms with Crippen LogP contribution in [0.3, 0.4) is 0 Å². The van der Waals surface area contributed by atoms with Gasteiger partial charge in [0.2, 0.25) is 0 Å². The van der Waals surface area contributed by atoms with Crippen LogP contribution in [0.25, 0.3) is 0 Å². The maximum Gasteiger partial charge on any atom is 0.356 e. The van der Waals surface area contributed by atoms with Crippen LogP contribution < -0.4 is 5.32 Å². The Kier molecular flexibility index (Phi) is 4.52. The number of aromatic nitrogens is 2. The van der Waals surface area contributed by atoms with Crippen LogP contribution >= 0.6 is 0 Å². The van der Waals surface area contributed by atoms with Crippen LogP contribution in [0.1, 0.15) is 28.9 Å². The largest absolute Gasteiger partial charge is 0.476 e. The molecule has 0 atom stereocenters. The summed E-state index contributed by atoms with van der Waals surface area (Å²) in [6, 6.07) is 10.4. The average Bonchev–Trinajstić information content (AvgIpc) is 2.62. The second kappa shape index (κ2) is 6.75. The van der Waals surface area contributed by atoms with E-state index in [0.29, 0.717) is 12.4 Å². The van der Waals surface area contributed by atoms with Crippen molar-refractivity contribution in [1.29, 1.82) is 0 Å². The minimum Gasteiger partial charge on any atom is -0.476 e. The predicted molar refractivity (Wildman–Crippen MR) is 85.7 cm³/mol. The predicted octanol–water partition coefficient (Wildman–Crippen LogP) is 2.34. The van der Waals surface area contributed by atoms with Crippen LogP contribution in [0.4, 0.5) is 5.82 Å². The fraction of sp³-hybridized carbons (Fsp3) is 0.353. The fourth-order valence-electron chi connectivity index (χ4n) is 2.91. The van der Waals surface area contributed by atoms with E-state index in [4.69, 9.17) is 9.84 Å². The smallest absolute Gasteiger partial charge is 0.356 e. The minimum atomic E-state index is -1.07. The molecule has 1 saturated heterocycles. The molecule has 0 spiro atoms. The Hall–Kier alpha value is -2.47. The summed E-state index contributed by atoms with van der Waals surface area (Å²) in [5.74, 6) is -0.494. The summed E-state index contributed by atoms with van der Waals surface area (Å²) in [5.41, 5.74) is 1.22. The highest BCUT2D eigenvalue weighted by Gasteiger charge is 2.34. The van der Waals surface area contributed by atoms with Crippen LogP contribution in [0.15, 0.2) is 42.7 Å². The first-order valence-corrected chi connectivity index (χ1v) is 7.62. The minimum absolute atomic E-state index is 0.00728. The Morgan fingerprint density at radius 2 is 1.91 bits per heavy atom. The molecule has 0 aliphatic carbocycles. The van der Waals surface area contributed by atoms with E-state index in [9.17, 15) is 4.79 Å². The highest BCUT2D eigenvalue weighted by Crippen LogP contribution is 2.34. The number of aromatic carboxylic acids is 1. The zero-order valence-electron chi connectivity index (χ0n) is 12.7. The lowest BCUT2D eigenvalue weighted by atomic mass is 9.74. The SMILES string of the molecule is O=C(O)c1cnc(NCC2(c3ccccc3)CCOCC2)cn1. The lowest BCUT2D eigenvalue weighted by Gasteiger charge is -2.38. The van der Waals surface area contributed by atoms with E-state index in [1.807, 2.05) is 18.2 Å². The molecule has 1 aliphatic heterocycles. The van der Waals surface area contributed by atoms with E-state index in [1.165, 1.54) is 18.0 Å². The van der Waals surface area contributed by atoms with Crippen molar-refractivity contribution >= 4 is 11.8 Å². The Labute approximate surface area is 134 Å². The van der Waals surface area contributed by atoms with Gasteiger partial charge in [0.15, 0.2) is 5.69 Å². The van der Waals surface area contributed by atoms with Crippen molar-refractivity contribution in [1.82, 2.24) is 9.97 Å². The molecule has 0 saturated carbocycles. The Balaban J connectivity index is 1.75. The van der Waals surface area contributed by atoms with Gasteiger partial charge in [-0.15, -0.1) is 0 Å². The van der Waals surface area contributed by atoms with Gasteiger partial charge in [0.1, 0.15) is 5.82 Å². The van der Waals surface area contributed by atoms with Gasteiger partial charge in [0, 0.05) is 25.2 Å². The number of nitrogens with one attached hydrogen (secondary N) is 1. The molecular formula is C17H19N3O3. The third-order valence-electron chi connectivity index (χ3n) is 4.31. The molecule has 1 aromatic heterocycles. The number of hydrogen-bond donors (Lipinski definition) is 2. The van der Waals surface area contributed by atoms with E-state index < -0.39 is 5.97 Å². The molecule has 0 amide bonds. The van der Waals surface area contributed by atoms with Crippen molar-refractivity contribution in [3.8, 4) is 0 Å². The van der Waals surface area contributed by atoms with Gasteiger partial charge in [-0.2, -0.15) is 0 Å². The van der Waals surface area contributed by atoms with Crippen LogP contribution in [-0.2, 0) is 10.2 Å². The normalized spacial score (nSPS) is 16.7. The van der Waals surface area contributed by atoms with Crippen molar-refractivity contribution in [3.63, 3.8) is 0 Å². The number of ether oxygens (including phenoxy) is 1. The molecule has 2 aromatic rings. The number of hydrogen-bond acceptors (Lipinski definition) is 5. The van der Waals surface area contributed by atoms with Gasteiger partial charge in [-0.1, -0.05) is 30.3 Å². The molecule has 1 fully saturated rings. The number of carboxylic acids is 1. The lowest BCUT2D eigenvalue weighted by molar-refractivity contribution is 0.0543. The summed E-state index contributed by atoms with van der Waals surface area (Å²) in [6.45, 7) is 2.18. The van der Waals surface area contributed by atoms with Gasteiger partial charge in [-0.05, 0) is 18.4 Å². The summed E-state index contributed by atoms with van der Waals surface area (Å²) in [5, 5.41) is 12.2. The third kappa shape index (κ3) is 3.48. The summed E-state index contributed by atoms with van der Waals surface area (Å²) in [7, 11) is 0. The number of carbonyl (C=O) groups is 1. The Morgan fingerprint density at radius 3 is 2.52 bits per heavy atom. The van der Waals surface area contributed by atoms with Gasteiger partial charge in [-0.3, -0.25) is 0 Å². The van der Waals surface area contributed by atoms with Gasteiger partial charge in [-0.25, -0.2) is 14.8 Å². The molecule has 0 unspecified atom stereocenters. The second-order valence-corrected chi connectivity index (χ2v) is 5.70. The monoisotopic (exact) mass is 313 g/mol. The standard InChI is InChI=1S/C17H19N3O3/c21-16(22)14-10-19-15(11-18-14)20-12-17(6-8-23-9-7-17)13-4-2-1-3-5-13/h1-5,10-11H,6-9,12H2,(H,19,20)(H,21,22). The number of nitrogens with zero attached hydrogens (tertiary/aromatic N) is 2. The molecule has 0 bridgehead atoms. The van der Waals surface area contributed by atoms with E-state index in [0.717, 1.165) is 26.1 Å². The maximum atomic E-state index is 10.8. The topological polar surface area (TPSA) is 84.3 Å². The van der Waals surface area contributed by atoms with Gasteiger partial charge >= 0.3 is 5.97 Å². The lowest BCUT2D eigenvalue weighted by Crippen LogP contribution is -2.40. The first-order chi connectivity index (χ1) is 11.2. The van der Waals surface area contributed by atoms with Crippen LogP contribution in [-0.4, -0.2) is 40.8 Å². The van der Waals surface area contributed by atoms with Gasteiger partial charge in [0.05, 0.1) is 12.4 Å². The molecular weight excluding hydrogens is 294 g/mol. The number of benzene rings is 1. The third-order valence-corrected chi connectivity index (χ3v) is 4.31. The van der Waals surface area contributed by atoms with Crippen molar-refractivity contribution in [2.24, 2.45) is 0 Å². The highest BCUT2D eigenvalue weighted by atomic mass is 16.5. The summed E-state index contributed by atoms with van der Waals surface area (Å²) in [6.07, 6.45) is 4.60. The molecule has 3 rings (SSSR count). The van der Waals surface area contributed by atoms with E-state index in [1.54, 1.807) is 0 Å². The van der Waals surface area contributed by atoms with E-state index >= 15 is 0 Å². The molecule has 2 N–H and O–H groups in total. The van der Waals surface area contributed by atoms with Crippen molar-refractivity contribution in [2.45, 2.75) is 18.3 Å². The molecule has 1 aliphatic rings. The van der Waals surface area contributed by atoms with E-state index in [2.05, 4.69) is 27.4 Å². The van der Waals surface area contributed by atoms with Crippen LogP contribution in [0, 0.1) is 0 Å². The Bertz CT molecular complexity index is 653. The fourth-order valence-corrected chi connectivity index (χ4v) is 2.91. The number of rotatable bonds is 5. The zero-order chi connectivity index (χ0) is 16.1. The molecule has 1 aromatic carbocycles. The van der Waals surface area contributed by atoms with Crippen molar-refractivity contribution in [3.05, 3.63) is 54.0 Å². The summed E-state index contributed by atoms with van der Waals surface area (Å²) in [4.78, 5) is 18.8. The van der Waals surface area contributed by atoms with Crippen LogP contribution in [0.5, 0.6) is 0 Å². The molecule has 23 heavy (non-hydrogen) atoms. The molecule has 120 valence electrons. The second-order valence-electron chi connectivity index (χ2n) is 5.70.